The van der Waals surface area contributed by atoms with Gasteiger partial charge in [0.05, 0.1) is 22.0 Å². The Labute approximate surface area is 170 Å². The molecule has 2 N–H and O–H groups in total. The molecule has 3 aromatic heterocycles. The summed E-state index contributed by atoms with van der Waals surface area (Å²) >= 11 is 2.44. The molecule has 9 nitrogen and oxygen atoms in total. The van der Waals surface area contributed by atoms with Gasteiger partial charge in [-0.2, -0.15) is 0 Å². The van der Waals surface area contributed by atoms with Crippen LogP contribution in [0.4, 0.5) is 14.9 Å². The van der Waals surface area contributed by atoms with Gasteiger partial charge in [-0.3, -0.25) is 10.2 Å². The predicted molar refractivity (Wildman–Crippen MR) is 111 cm³/mol. The molecule has 148 valence electrons. The molecule has 1 aromatic carbocycles. The summed E-state index contributed by atoms with van der Waals surface area (Å²) < 4.78 is 11.5. The van der Waals surface area contributed by atoms with Gasteiger partial charge in [0, 0.05) is 13.1 Å². The number of methoxy groups -OCH3 is 1. The zero-order chi connectivity index (χ0) is 20.7. The van der Waals surface area contributed by atoms with Crippen LogP contribution in [-0.2, 0) is 0 Å². The lowest BCUT2D eigenvalue weighted by molar-refractivity contribution is 0.0692. The normalized spacial score (nSPS) is 11.0. The number of carbonyl (C=O) groups is 2. The van der Waals surface area contributed by atoms with Crippen LogP contribution in [0.5, 0.6) is 5.75 Å². The van der Waals surface area contributed by atoms with E-state index in [0.29, 0.717) is 20.6 Å². The van der Waals surface area contributed by atoms with Gasteiger partial charge in [-0.1, -0.05) is 11.3 Å². The monoisotopic (exact) mass is 431 g/mol. The molecule has 29 heavy (non-hydrogen) atoms. The lowest BCUT2D eigenvalue weighted by atomic mass is 10.3. The summed E-state index contributed by atoms with van der Waals surface area (Å²) in [6.07, 6.45) is 0. The average Bonchev–Trinajstić information content (AvgIpc) is 3.28. The Kier molecular flexibility index (Phi) is 4.68. The first kappa shape index (κ1) is 18.9. The van der Waals surface area contributed by atoms with Crippen molar-refractivity contribution in [3.63, 3.8) is 0 Å². The molecular weight excluding hydrogens is 418 g/mol. The molecule has 4 rings (SSSR count). The lowest BCUT2D eigenvalue weighted by Gasteiger charge is -2.14. The van der Waals surface area contributed by atoms with Crippen molar-refractivity contribution in [2.24, 2.45) is 0 Å². The molecule has 0 spiro atoms. The van der Waals surface area contributed by atoms with E-state index >= 15 is 0 Å². The Morgan fingerprint density at radius 1 is 1.21 bits per heavy atom. The van der Waals surface area contributed by atoms with Crippen LogP contribution in [0.2, 0.25) is 0 Å². The van der Waals surface area contributed by atoms with Crippen molar-refractivity contribution in [3.8, 4) is 5.75 Å². The zero-order valence-electron chi connectivity index (χ0n) is 15.1. The maximum atomic E-state index is 12.6. The van der Waals surface area contributed by atoms with Crippen LogP contribution >= 0.6 is 22.7 Å². The van der Waals surface area contributed by atoms with Gasteiger partial charge >= 0.3 is 17.6 Å². The summed E-state index contributed by atoms with van der Waals surface area (Å²) in [6.45, 7) is 0. The van der Waals surface area contributed by atoms with Crippen LogP contribution in [0.3, 0.4) is 0 Å². The quantitative estimate of drug-likeness (QED) is 0.503. The minimum absolute atomic E-state index is 0.215. The summed E-state index contributed by atoms with van der Waals surface area (Å²) in [7, 11) is 3.12. The van der Waals surface area contributed by atoms with Crippen molar-refractivity contribution in [1.29, 1.82) is 0 Å². The van der Waals surface area contributed by atoms with Gasteiger partial charge in [0.1, 0.15) is 16.3 Å². The molecule has 0 unspecified atom stereocenters. The van der Waals surface area contributed by atoms with Crippen LogP contribution in [-0.4, -0.2) is 36.2 Å². The topological polar surface area (TPSA) is 122 Å². The first-order chi connectivity index (χ1) is 13.9. The number of nitrogens with zero attached hydrogens (tertiary/aromatic N) is 2. The van der Waals surface area contributed by atoms with E-state index in [1.807, 2.05) is 6.07 Å². The molecule has 0 saturated heterocycles. The van der Waals surface area contributed by atoms with Gasteiger partial charge < -0.3 is 14.3 Å². The summed E-state index contributed by atoms with van der Waals surface area (Å²) in [6, 6.07) is 7.73. The van der Waals surface area contributed by atoms with E-state index in [0.717, 1.165) is 21.6 Å². The third-order valence-electron chi connectivity index (χ3n) is 4.09. The Morgan fingerprint density at radius 2 is 2.00 bits per heavy atom. The first-order valence-corrected chi connectivity index (χ1v) is 9.79. The van der Waals surface area contributed by atoms with Crippen molar-refractivity contribution in [1.82, 2.24) is 4.98 Å². The molecule has 0 bridgehead atoms. The molecule has 3 heterocycles. The van der Waals surface area contributed by atoms with Gasteiger partial charge in [0.15, 0.2) is 10.7 Å². The van der Waals surface area contributed by atoms with E-state index in [9.17, 15) is 14.4 Å². The Hall–Kier alpha value is -3.44. The number of carbonyl (C=O) groups excluding carboxylic acids is 1. The summed E-state index contributed by atoms with van der Waals surface area (Å²) in [5, 5.41) is 12.7. The van der Waals surface area contributed by atoms with Gasteiger partial charge in [-0.05, 0) is 24.3 Å². The van der Waals surface area contributed by atoms with Crippen LogP contribution in [0.1, 0.15) is 10.4 Å². The number of rotatable bonds is 4. The second-order valence-electron chi connectivity index (χ2n) is 5.91. The molecule has 0 aliphatic heterocycles. The van der Waals surface area contributed by atoms with E-state index in [2.05, 4.69) is 10.3 Å². The number of urea groups is 1. The van der Waals surface area contributed by atoms with E-state index in [-0.39, 0.29) is 5.58 Å². The number of aromatic nitrogens is 1. The van der Waals surface area contributed by atoms with E-state index in [1.165, 1.54) is 28.4 Å². The first-order valence-electron chi connectivity index (χ1n) is 8.16. The molecule has 0 radical (unpaired) electrons. The van der Waals surface area contributed by atoms with E-state index < -0.39 is 23.2 Å². The number of nitrogens with one attached hydrogen (secondary N) is 1. The predicted octanol–water partition coefficient (Wildman–Crippen LogP) is 3.84. The minimum atomic E-state index is -1.37. The number of hydrogen-bond acceptors (Lipinski definition) is 8. The van der Waals surface area contributed by atoms with Gasteiger partial charge in [-0.25, -0.2) is 19.4 Å². The highest BCUT2D eigenvalue weighted by molar-refractivity contribution is 7.23. The number of carboxylic acid groups (broad SMARTS) is 1. The minimum Gasteiger partial charge on any atom is -0.497 e. The molecule has 0 atom stereocenters. The van der Waals surface area contributed by atoms with E-state index in [4.69, 9.17) is 14.3 Å². The van der Waals surface area contributed by atoms with E-state index in [1.54, 1.807) is 26.3 Å². The zero-order valence-corrected chi connectivity index (χ0v) is 16.7. The summed E-state index contributed by atoms with van der Waals surface area (Å²) in [5.41, 5.74) is -0.445. The highest BCUT2D eigenvalue weighted by Gasteiger charge is 2.19. The number of amides is 2. The smallest absolute Gasteiger partial charge is 0.351 e. The fourth-order valence-electron chi connectivity index (χ4n) is 2.58. The van der Waals surface area contributed by atoms with Crippen molar-refractivity contribution in [2.45, 2.75) is 0 Å². The largest absolute Gasteiger partial charge is 0.497 e. The lowest BCUT2D eigenvalue weighted by Crippen LogP contribution is -2.30. The van der Waals surface area contributed by atoms with Crippen molar-refractivity contribution >= 4 is 65.3 Å². The van der Waals surface area contributed by atoms with Crippen LogP contribution in [0.25, 0.3) is 20.5 Å². The Bertz CT molecular complexity index is 1320. The summed E-state index contributed by atoms with van der Waals surface area (Å²) in [5.74, 6) is -0.669. The van der Waals surface area contributed by atoms with Crippen LogP contribution in [0.15, 0.2) is 39.5 Å². The van der Waals surface area contributed by atoms with Gasteiger partial charge in [-0.15, -0.1) is 11.3 Å². The van der Waals surface area contributed by atoms with Crippen LogP contribution < -0.4 is 20.6 Å². The van der Waals surface area contributed by atoms with Crippen molar-refractivity contribution < 1.29 is 23.8 Å². The average molecular weight is 431 g/mol. The van der Waals surface area contributed by atoms with Crippen molar-refractivity contribution in [3.05, 3.63) is 46.3 Å². The third kappa shape index (κ3) is 3.52. The Morgan fingerprint density at radius 3 is 2.72 bits per heavy atom. The molecular formula is C18H13N3O6S2. The van der Waals surface area contributed by atoms with Gasteiger partial charge in [0.2, 0.25) is 0 Å². The van der Waals surface area contributed by atoms with Crippen molar-refractivity contribution in [2.75, 3.05) is 24.4 Å². The SMILES string of the molecule is COc1ccc2nc(NC(=O)N(C)c3cc4oc(=O)c(C(=O)O)cc4s3)sc2c1. The number of thiazole rings is 1. The Balaban J connectivity index is 1.59. The molecule has 4 aromatic rings. The molecule has 11 heteroatoms. The molecule has 2 amide bonds. The second-order valence-corrected chi connectivity index (χ2v) is 8.00. The molecule has 0 fully saturated rings. The summed E-state index contributed by atoms with van der Waals surface area (Å²) in [4.78, 5) is 41.1. The molecule has 0 aliphatic carbocycles. The fourth-order valence-corrected chi connectivity index (χ4v) is 4.45. The second kappa shape index (κ2) is 7.18. The maximum absolute atomic E-state index is 12.6. The number of ether oxygens (including phenoxy) is 1. The van der Waals surface area contributed by atoms with Crippen LogP contribution in [0, 0.1) is 0 Å². The molecule has 0 aliphatic rings. The number of fused-ring (bicyclic) bond motifs is 2. The molecule has 0 saturated carbocycles. The number of thiophene rings is 1. The number of carboxylic acids is 1. The van der Waals surface area contributed by atoms with Gasteiger partial charge in [0.25, 0.3) is 0 Å². The number of hydrogen-bond donors (Lipinski definition) is 2. The fraction of sp³-hybridized carbons (Fsp3) is 0.111. The highest BCUT2D eigenvalue weighted by atomic mass is 32.1. The number of anilines is 2. The maximum Gasteiger partial charge on any atom is 0.351 e. The third-order valence-corrected chi connectivity index (χ3v) is 6.16. The number of benzene rings is 1. The number of aromatic carboxylic acids is 1. The highest BCUT2D eigenvalue weighted by Crippen LogP contribution is 2.33. The standard InChI is InChI=1S/C18H13N3O6S2/c1-21(14-7-11-13(28-14)6-9(15(22)23)16(24)27-11)18(25)20-17-19-10-4-3-8(26-2)5-12(10)29-17/h3-7H,1-2H3,(H,22,23)(H,19,20,25).